The third-order valence-electron chi connectivity index (χ3n) is 3.22. The van der Waals surface area contributed by atoms with Gasteiger partial charge in [0.2, 0.25) is 0 Å². The maximum absolute atomic E-state index is 4.55. The Morgan fingerprint density at radius 1 is 1.05 bits per heavy atom. The Morgan fingerprint density at radius 3 is 2.55 bits per heavy atom. The molecule has 0 aliphatic carbocycles. The van der Waals surface area contributed by atoms with Crippen LogP contribution in [0, 0.1) is 11.8 Å². The van der Waals surface area contributed by atoms with Crippen LogP contribution in [0.2, 0.25) is 0 Å². The number of rotatable bonds is 2. The summed E-state index contributed by atoms with van der Waals surface area (Å²) in [7, 11) is 4.06. The van der Waals surface area contributed by atoms with Crippen molar-refractivity contribution >= 4 is 33.3 Å². The second kappa shape index (κ2) is 6.46. The lowest BCUT2D eigenvalue weighted by molar-refractivity contribution is 1.13. The predicted octanol–water partition coefficient (Wildman–Crippen LogP) is 4.43. The first-order valence-corrected chi connectivity index (χ1v) is 7.85. The maximum Gasteiger partial charge on any atom is 0.117 e. The number of nitrogens with zero attached hydrogens (tertiary/aromatic N) is 2. The monoisotopic (exact) mass is 304 g/mol. The summed E-state index contributed by atoms with van der Waals surface area (Å²) >= 11 is 1.68. The number of allylic oxidation sites excluding steroid dienone is 1. The molecule has 2 nitrogen and oxygen atoms in total. The second-order valence-electron chi connectivity index (χ2n) is 5.06. The van der Waals surface area contributed by atoms with E-state index in [1.165, 1.54) is 10.4 Å². The topological polar surface area (TPSA) is 16.1 Å². The van der Waals surface area contributed by atoms with Gasteiger partial charge in [0.25, 0.3) is 0 Å². The van der Waals surface area contributed by atoms with Crippen molar-refractivity contribution in [1.82, 2.24) is 4.98 Å². The lowest BCUT2D eigenvalue weighted by Gasteiger charge is -2.11. The molecule has 108 valence electrons. The zero-order valence-corrected chi connectivity index (χ0v) is 13.4. The van der Waals surface area contributed by atoms with Crippen molar-refractivity contribution in [2.45, 2.75) is 0 Å². The fraction of sp³-hybridized carbons (Fsp3) is 0.105. The third-order valence-corrected chi connectivity index (χ3v) is 4.22. The van der Waals surface area contributed by atoms with Gasteiger partial charge in [-0.2, -0.15) is 0 Å². The van der Waals surface area contributed by atoms with Gasteiger partial charge in [-0.05, 0) is 48.6 Å². The molecule has 1 heterocycles. The number of para-hydroxylation sites is 1. The molecule has 0 saturated carbocycles. The highest BCUT2D eigenvalue weighted by atomic mass is 32.1. The van der Waals surface area contributed by atoms with E-state index in [0.717, 1.165) is 16.1 Å². The summed E-state index contributed by atoms with van der Waals surface area (Å²) in [5.74, 6) is 6.20. The number of aromatic nitrogens is 1. The quantitative estimate of drug-likeness (QED) is 0.651. The smallest absolute Gasteiger partial charge is 0.117 e. The van der Waals surface area contributed by atoms with E-state index in [-0.39, 0.29) is 0 Å². The van der Waals surface area contributed by atoms with E-state index >= 15 is 0 Å². The van der Waals surface area contributed by atoms with Crippen LogP contribution in [0.25, 0.3) is 16.3 Å². The molecular weight excluding hydrogens is 288 g/mol. The van der Waals surface area contributed by atoms with Crippen LogP contribution in [-0.2, 0) is 0 Å². The van der Waals surface area contributed by atoms with Crippen molar-refractivity contribution in [3.63, 3.8) is 0 Å². The number of hydrogen-bond donors (Lipinski definition) is 0. The number of hydrogen-bond acceptors (Lipinski definition) is 3. The summed E-state index contributed by atoms with van der Waals surface area (Å²) in [6.07, 6.45) is 3.82. The van der Waals surface area contributed by atoms with Crippen LogP contribution in [0.4, 0.5) is 5.69 Å². The molecule has 0 spiro atoms. The SMILES string of the molecule is CN(C)c1ccc(C#C/C=C/c2nc3ccccc3s2)cc1. The van der Waals surface area contributed by atoms with Crippen molar-refractivity contribution in [1.29, 1.82) is 0 Å². The van der Waals surface area contributed by atoms with Crippen molar-refractivity contribution in [3.05, 3.63) is 65.2 Å². The molecule has 0 aliphatic heterocycles. The lowest BCUT2D eigenvalue weighted by Crippen LogP contribution is -2.07. The number of anilines is 1. The van der Waals surface area contributed by atoms with Crippen LogP contribution in [0.5, 0.6) is 0 Å². The van der Waals surface area contributed by atoms with Crippen LogP contribution in [0.1, 0.15) is 10.6 Å². The molecule has 3 heteroatoms. The number of thiazole rings is 1. The van der Waals surface area contributed by atoms with E-state index in [0.29, 0.717) is 0 Å². The van der Waals surface area contributed by atoms with Crippen molar-refractivity contribution in [3.8, 4) is 11.8 Å². The molecule has 0 fully saturated rings. The van der Waals surface area contributed by atoms with Crippen LogP contribution in [-0.4, -0.2) is 19.1 Å². The molecule has 22 heavy (non-hydrogen) atoms. The van der Waals surface area contributed by atoms with E-state index in [9.17, 15) is 0 Å². The van der Waals surface area contributed by atoms with Gasteiger partial charge in [-0.3, -0.25) is 0 Å². The Labute approximate surface area is 134 Å². The molecule has 1 aromatic heterocycles. The average molecular weight is 304 g/mol. The van der Waals surface area contributed by atoms with Crippen molar-refractivity contribution in [2.24, 2.45) is 0 Å². The molecule has 3 aromatic rings. The summed E-state index contributed by atoms with van der Waals surface area (Å²) in [5, 5.41) is 0.985. The van der Waals surface area contributed by atoms with E-state index < -0.39 is 0 Å². The van der Waals surface area contributed by atoms with Gasteiger partial charge in [0, 0.05) is 25.3 Å². The largest absolute Gasteiger partial charge is 0.378 e. The first-order chi connectivity index (χ1) is 10.7. The van der Waals surface area contributed by atoms with E-state index in [1.807, 2.05) is 56.6 Å². The van der Waals surface area contributed by atoms with Crippen LogP contribution in [0.3, 0.4) is 0 Å². The van der Waals surface area contributed by atoms with Crippen LogP contribution >= 0.6 is 11.3 Å². The minimum atomic E-state index is 0.985. The van der Waals surface area contributed by atoms with Gasteiger partial charge in [-0.15, -0.1) is 11.3 Å². The highest BCUT2D eigenvalue weighted by Gasteiger charge is 1.98. The van der Waals surface area contributed by atoms with Crippen LogP contribution in [0.15, 0.2) is 54.6 Å². The third kappa shape index (κ3) is 3.36. The lowest BCUT2D eigenvalue weighted by atomic mass is 10.2. The predicted molar refractivity (Wildman–Crippen MR) is 96.3 cm³/mol. The fourth-order valence-corrected chi connectivity index (χ4v) is 2.91. The first kappa shape index (κ1) is 14.4. The molecule has 0 amide bonds. The molecule has 0 unspecified atom stereocenters. The maximum atomic E-state index is 4.55. The van der Waals surface area contributed by atoms with Gasteiger partial charge in [0.1, 0.15) is 5.01 Å². The molecular formula is C19H16N2S. The Balaban J connectivity index is 1.71. The molecule has 0 atom stereocenters. The summed E-state index contributed by atoms with van der Waals surface area (Å²) in [5.41, 5.74) is 3.23. The Morgan fingerprint density at radius 2 is 1.82 bits per heavy atom. The van der Waals surface area contributed by atoms with Crippen molar-refractivity contribution < 1.29 is 0 Å². The second-order valence-corrected chi connectivity index (χ2v) is 6.13. The highest BCUT2D eigenvalue weighted by Crippen LogP contribution is 2.22. The number of benzene rings is 2. The Bertz CT molecular complexity index is 829. The summed E-state index contributed by atoms with van der Waals surface area (Å²) in [4.78, 5) is 6.62. The first-order valence-electron chi connectivity index (χ1n) is 7.03. The molecule has 0 saturated heterocycles. The summed E-state index contributed by atoms with van der Waals surface area (Å²) in [6.45, 7) is 0. The van der Waals surface area contributed by atoms with E-state index in [2.05, 4.69) is 39.9 Å². The molecule has 0 N–H and O–H groups in total. The fourth-order valence-electron chi connectivity index (χ4n) is 2.04. The van der Waals surface area contributed by atoms with E-state index in [4.69, 9.17) is 0 Å². The highest BCUT2D eigenvalue weighted by molar-refractivity contribution is 7.19. The molecule has 3 rings (SSSR count). The normalized spacial score (nSPS) is 10.6. The van der Waals surface area contributed by atoms with Gasteiger partial charge in [-0.1, -0.05) is 24.0 Å². The van der Waals surface area contributed by atoms with E-state index in [1.54, 1.807) is 11.3 Å². The van der Waals surface area contributed by atoms with Gasteiger partial charge >= 0.3 is 0 Å². The molecule has 2 aromatic carbocycles. The molecule has 0 aliphatic rings. The van der Waals surface area contributed by atoms with Gasteiger partial charge in [0.05, 0.1) is 10.2 Å². The molecule has 0 bridgehead atoms. The number of fused-ring (bicyclic) bond motifs is 1. The molecule has 0 radical (unpaired) electrons. The minimum Gasteiger partial charge on any atom is -0.378 e. The Kier molecular flexibility index (Phi) is 4.22. The minimum absolute atomic E-state index is 0.985. The van der Waals surface area contributed by atoms with Crippen LogP contribution < -0.4 is 4.90 Å². The summed E-state index contributed by atoms with van der Waals surface area (Å²) in [6, 6.07) is 16.4. The summed E-state index contributed by atoms with van der Waals surface area (Å²) < 4.78 is 1.20. The van der Waals surface area contributed by atoms with Gasteiger partial charge < -0.3 is 4.90 Å². The standard InChI is InChI=1S/C19H16N2S/c1-21(2)16-13-11-15(12-14-16)7-3-6-10-19-20-17-8-4-5-9-18(17)22-19/h4-6,8-14H,1-2H3/b10-6+. The van der Waals surface area contributed by atoms with Gasteiger partial charge in [-0.25, -0.2) is 4.98 Å². The zero-order valence-electron chi connectivity index (χ0n) is 12.6. The zero-order chi connectivity index (χ0) is 15.4. The average Bonchev–Trinajstić information content (AvgIpc) is 2.95. The van der Waals surface area contributed by atoms with Crippen molar-refractivity contribution in [2.75, 3.05) is 19.0 Å². The van der Waals surface area contributed by atoms with Gasteiger partial charge in [0.15, 0.2) is 0 Å². The Hall–Kier alpha value is -2.57.